The molecule has 1 N–H and O–H groups in total. The highest BCUT2D eigenvalue weighted by atomic mass is 16.6. The van der Waals surface area contributed by atoms with E-state index in [1.165, 1.54) is 18.9 Å². The lowest BCUT2D eigenvalue weighted by Gasteiger charge is -2.14. The highest BCUT2D eigenvalue weighted by Gasteiger charge is 2.25. The summed E-state index contributed by atoms with van der Waals surface area (Å²) in [6.45, 7) is 1.60. The third-order valence-electron chi connectivity index (χ3n) is 3.51. The van der Waals surface area contributed by atoms with E-state index < -0.39 is 4.92 Å². The summed E-state index contributed by atoms with van der Waals surface area (Å²) in [5.41, 5.74) is 0.683. The minimum Gasteiger partial charge on any atom is -0.423 e. The van der Waals surface area contributed by atoms with Gasteiger partial charge in [0.2, 0.25) is 0 Å². The number of benzene rings is 1. The van der Waals surface area contributed by atoms with E-state index in [-0.39, 0.29) is 11.2 Å². The molecule has 0 spiro atoms. The van der Waals surface area contributed by atoms with Crippen LogP contribution >= 0.6 is 0 Å². The van der Waals surface area contributed by atoms with Gasteiger partial charge in [0, 0.05) is 25.2 Å². The summed E-state index contributed by atoms with van der Waals surface area (Å²) in [6.07, 6.45) is 2.54. The molecular formula is C13H16N4O3. The molecule has 1 saturated carbocycles. The molecule has 0 radical (unpaired) electrons. The zero-order chi connectivity index (χ0) is 14.1. The van der Waals surface area contributed by atoms with Crippen molar-refractivity contribution >= 4 is 22.8 Å². The number of rotatable bonds is 6. The second kappa shape index (κ2) is 5.09. The summed E-state index contributed by atoms with van der Waals surface area (Å²) in [7, 11) is 2.09. The van der Waals surface area contributed by atoms with Gasteiger partial charge in [0.1, 0.15) is 0 Å². The molecule has 3 rings (SSSR count). The van der Waals surface area contributed by atoms with Crippen molar-refractivity contribution in [2.45, 2.75) is 18.9 Å². The molecule has 2 aromatic rings. The molecule has 0 saturated heterocycles. The molecule has 20 heavy (non-hydrogen) atoms. The van der Waals surface area contributed by atoms with Crippen LogP contribution in [0.1, 0.15) is 12.8 Å². The fraction of sp³-hybridized carbons (Fsp3) is 0.462. The third kappa shape index (κ3) is 2.57. The van der Waals surface area contributed by atoms with Crippen LogP contribution in [-0.2, 0) is 0 Å². The Balaban J connectivity index is 1.69. The molecule has 1 aromatic carbocycles. The topological polar surface area (TPSA) is 84.4 Å². The lowest BCUT2D eigenvalue weighted by molar-refractivity contribution is -0.383. The monoisotopic (exact) mass is 276 g/mol. The minimum atomic E-state index is -0.449. The van der Waals surface area contributed by atoms with Gasteiger partial charge in [-0.25, -0.2) is 0 Å². The predicted molar refractivity (Wildman–Crippen MR) is 74.8 cm³/mol. The zero-order valence-electron chi connectivity index (χ0n) is 11.2. The maximum absolute atomic E-state index is 10.9. The SMILES string of the molecule is CN(CCNc1nc2c([N+](=O)[O-])cccc2o1)C1CC1. The zero-order valence-corrected chi connectivity index (χ0v) is 11.2. The van der Waals surface area contributed by atoms with Crippen molar-refractivity contribution < 1.29 is 9.34 Å². The summed E-state index contributed by atoms with van der Waals surface area (Å²) < 4.78 is 5.47. The van der Waals surface area contributed by atoms with Crippen molar-refractivity contribution in [2.75, 3.05) is 25.5 Å². The predicted octanol–water partition coefficient (Wildman–Crippen LogP) is 2.24. The number of hydrogen-bond acceptors (Lipinski definition) is 6. The van der Waals surface area contributed by atoms with E-state index in [0.717, 1.165) is 6.54 Å². The van der Waals surface area contributed by atoms with Crippen LogP contribution in [0.15, 0.2) is 22.6 Å². The van der Waals surface area contributed by atoms with Crippen LogP contribution in [0.3, 0.4) is 0 Å². The van der Waals surface area contributed by atoms with Crippen LogP contribution in [0.25, 0.3) is 11.1 Å². The van der Waals surface area contributed by atoms with Gasteiger partial charge >= 0.3 is 0 Å². The Morgan fingerprint density at radius 2 is 2.35 bits per heavy atom. The van der Waals surface area contributed by atoms with Crippen molar-refractivity contribution in [1.29, 1.82) is 0 Å². The van der Waals surface area contributed by atoms with E-state index in [4.69, 9.17) is 4.42 Å². The quantitative estimate of drug-likeness (QED) is 0.643. The van der Waals surface area contributed by atoms with Gasteiger partial charge in [-0.3, -0.25) is 10.1 Å². The third-order valence-corrected chi connectivity index (χ3v) is 3.51. The highest BCUT2D eigenvalue weighted by Crippen LogP contribution is 2.27. The molecule has 0 bridgehead atoms. The molecule has 0 unspecified atom stereocenters. The number of nitro benzene ring substituents is 1. The molecule has 1 aromatic heterocycles. The van der Waals surface area contributed by atoms with Gasteiger partial charge in [-0.05, 0) is 26.0 Å². The van der Waals surface area contributed by atoms with Crippen molar-refractivity contribution in [1.82, 2.24) is 9.88 Å². The first kappa shape index (κ1) is 12.9. The largest absolute Gasteiger partial charge is 0.423 e. The first-order chi connectivity index (χ1) is 9.65. The molecular weight excluding hydrogens is 260 g/mol. The smallest absolute Gasteiger partial charge is 0.298 e. The number of nitrogens with zero attached hydrogens (tertiary/aromatic N) is 3. The number of non-ortho nitro benzene ring substituents is 1. The Hall–Kier alpha value is -2.15. The second-order valence-corrected chi connectivity index (χ2v) is 5.04. The van der Waals surface area contributed by atoms with Gasteiger partial charge in [0.15, 0.2) is 11.1 Å². The van der Waals surface area contributed by atoms with Crippen molar-refractivity contribution in [3.05, 3.63) is 28.3 Å². The number of para-hydroxylation sites is 1. The van der Waals surface area contributed by atoms with Crippen LogP contribution in [0.2, 0.25) is 0 Å². The maximum atomic E-state index is 10.9. The number of hydrogen-bond donors (Lipinski definition) is 1. The summed E-state index contributed by atoms with van der Waals surface area (Å²) in [6, 6.07) is 5.74. The number of likely N-dealkylation sites (N-methyl/N-ethyl adjacent to an activating group) is 1. The van der Waals surface area contributed by atoms with E-state index >= 15 is 0 Å². The number of oxazole rings is 1. The second-order valence-electron chi connectivity index (χ2n) is 5.04. The van der Waals surface area contributed by atoms with Crippen LogP contribution < -0.4 is 5.32 Å². The fourth-order valence-electron chi connectivity index (χ4n) is 2.19. The standard InChI is InChI=1S/C13H16N4O3/c1-16(9-5-6-9)8-7-14-13-15-12-10(17(18)19)3-2-4-11(12)20-13/h2-4,9H,5-8H2,1H3,(H,14,15). The van der Waals surface area contributed by atoms with Crippen LogP contribution in [0, 0.1) is 10.1 Å². The molecule has 106 valence electrons. The van der Waals surface area contributed by atoms with Crippen LogP contribution in [0.4, 0.5) is 11.7 Å². The van der Waals surface area contributed by atoms with E-state index in [2.05, 4.69) is 22.2 Å². The lowest BCUT2D eigenvalue weighted by Crippen LogP contribution is -2.27. The Morgan fingerprint density at radius 3 is 3.05 bits per heavy atom. The fourth-order valence-corrected chi connectivity index (χ4v) is 2.19. The Labute approximate surface area is 115 Å². The highest BCUT2D eigenvalue weighted by molar-refractivity contribution is 5.83. The molecule has 7 heteroatoms. The van der Waals surface area contributed by atoms with E-state index in [9.17, 15) is 10.1 Å². The minimum absolute atomic E-state index is 0.0330. The Kier molecular flexibility index (Phi) is 3.27. The van der Waals surface area contributed by atoms with E-state index in [1.807, 2.05) is 0 Å². The number of anilines is 1. The van der Waals surface area contributed by atoms with Gasteiger partial charge in [-0.2, -0.15) is 4.98 Å². The molecule has 1 fully saturated rings. The molecule has 0 atom stereocenters. The summed E-state index contributed by atoms with van der Waals surface area (Å²) in [5, 5.41) is 14.0. The first-order valence-corrected chi connectivity index (χ1v) is 6.63. The van der Waals surface area contributed by atoms with Crippen molar-refractivity contribution in [3.8, 4) is 0 Å². The maximum Gasteiger partial charge on any atom is 0.298 e. The molecule has 1 heterocycles. The van der Waals surface area contributed by atoms with E-state index in [1.54, 1.807) is 12.1 Å². The normalized spacial score (nSPS) is 14.9. The number of nitrogens with one attached hydrogen (secondary N) is 1. The molecule has 7 nitrogen and oxygen atoms in total. The molecule has 0 amide bonds. The molecule has 1 aliphatic rings. The number of aromatic nitrogens is 1. The van der Waals surface area contributed by atoms with Gasteiger partial charge in [-0.1, -0.05) is 6.07 Å². The summed E-state index contributed by atoms with van der Waals surface area (Å²) in [5.74, 6) is 0. The summed E-state index contributed by atoms with van der Waals surface area (Å²) in [4.78, 5) is 16.9. The van der Waals surface area contributed by atoms with Gasteiger partial charge < -0.3 is 14.6 Å². The molecule has 1 aliphatic carbocycles. The van der Waals surface area contributed by atoms with Crippen molar-refractivity contribution in [2.24, 2.45) is 0 Å². The summed E-state index contributed by atoms with van der Waals surface area (Å²) >= 11 is 0. The average Bonchev–Trinajstić information content (AvgIpc) is 3.18. The van der Waals surface area contributed by atoms with Crippen LogP contribution in [0.5, 0.6) is 0 Å². The Bertz CT molecular complexity index is 636. The average molecular weight is 276 g/mol. The van der Waals surface area contributed by atoms with Gasteiger partial charge in [0.05, 0.1) is 4.92 Å². The first-order valence-electron chi connectivity index (χ1n) is 6.63. The van der Waals surface area contributed by atoms with Crippen molar-refractivity contribution in [3.63, 3.8) is 0 Å². The number of fused-ring (bicyclic) bond motifs is 1. The molecule has 0 aliphatic heterocycles. The van der Waals surface area contributed by atoms with E-state index in [0.29, 0.717) is 24.2 Å². The van der Waals surface area contributed by atoms with Crippen LogP contribution in [-0.4, -0.2) is 41.0 Å². The number of nitro groups is 1. The van der Waals surface area contributed by atoms with Gasteiger partial charge in [-0.15, -0.1) is 0 Å². The van der Waals surface area contributed by atoms with Gasteiger partial charge in [0.25, 0.3) is 11.7 Å². The Morgan fingerprint density at radius 1 is 1.55 bits per heavy atom. The lowest BCUT2D eigenvalue weighted by atomic mass is 10.3.